The summed E-state index contributed by atoms with van der Waals surface area (Å²) in [5.74, 6) is 0. The van der Waals surface area contributed by atoms with Crippen LogP contribution in [0, 0.1) is 13.8 Å². The Balaban J connectivity index is 2.24. The van der Waals surface area contributed by atoms with Crippen LogP contribution in [0.3, 0.4) is 0 Å². The van der Waals surface area contributed by atoms with Crippen molar-refractivity contribution in [2.45, 2.75) is 13.8 Å². The van der Waals surface area contributed by atoms with Gasteiger partial charge in [-0.2, -0.15) is 0 Å². The number of benzene rings is 5. The van der Waals surface area contributed by atoms with Crippen molar-refractivity contribution in [1.82, 2.24) is 0 Å². The van der Waals surface area contributed by atoms with Crippen molar-refractivity contribution in [2.75, 3.05) is 0 Å². The van der Waals surface area contributed by atoms with E-state index in [9.17, 15) is 0 Å². The summed E-state index contributed by atoms with van der Waals surface area (Å²) in [6, 6.07) is 22.4. The van der Waals surface area contributed by atoms with Gasteiger partial charge in [0.2, 0.25) is 0 Å². The first-order valence-corrected chi connectivity index (χ1v) is 7.81. The third-order valence-corrected chi connectivity index (χ3v) is 5.16. The van der Waals surface area contributed by atoms with Gasteiger partial charge in [0.05, 0.1) is 0 Å². The van der Waals surface area contributed by atoms with Crippen LogP contribution < -0.4 is 0 Å². The van der Waals surface area contributed by atoms with Crippen molar-refractivity contribution in [1.29, 1.82) is 0 Å². The van der Waals surface area contributed by atoms with Gasteiger partial charge in [-0.3, -0.25) is 0 Å². The summed E-state index contributed by atoms with van der Waals surface area (Å²) >= 11 is 0. The summed E-state index contributed by atoms with van der Waals surface area (Å²) in [5.41, 5.74) is 2.74. The SMILES string of the molecule is Cc1ccc2ccc3c4ccccc4c(C)c4ccc1c2c43. The summed E-state index contributed by atoms with van der Waals surface area (Å²) in [4.78, 5) is 0. The first kappa shape index (κ1) is 12.0. The molecule has 0 fully saturated rings. The molecule has 0 unspecified atom stereocenters. The van der Waals surface area contributed by atoms with Crippen LogP contribution in [-0.4, -0.2) is 0 Å². The molecule has 0 aromatic heterocycles. The Morgan fingerprint density at radius 2 is 1.18 bits per heavy atom. The highest BCUT2D eigenvalue weighted by molar-refractivity contribution is 6.30. The monoisotopic (exact) mass is 280 g/mol. The van der Waals surface area contributed by atoms with Gasteiger partial charge in [0.25, 0.3) is 0 Å². The number of aryl methyl sites for hydroxylation is 2. The lowest BCUT2D eigenvalue weighted by Gasteiger charge is -2.16. The van der Waals surface area contributed by atoms with E-state index in [0.29, 0.717) is 0 Å². The fraction of sp³-hybridized carbons (Fsp3) is 0.0909. The lowest BCUT2D eigenvalue weighted by molar-refractivity contribution is 1.54. The fourth-order valence-electron chi connectivity index (χ4n) is 4.02. The Hall–Kier alpha value is -2.60. The van der Waals surface area contributed by atoms with Crippen LogP contribution in [0.25, 0.3) is 43.1 Å². The van der Waals surface area contributed by atoms with E-state index in [1.54, 1.807) is 0 Å². The van der Waals surface area contributed by atoms with Gasteiger partial charge in [-0.05, 0) is 68.1 Å². The van der Waals surface area contributed by atoms with Crippen molar-refractivity contribution in [2.24, 2.45) is 0 Å². The molecular weight excluding hydrogens is 264 g/mol. The Morgan fingerprint density at radius 1 is 0.500 bits per heavy atom. The van der Waals surface area contributed by atoms with E-state index in [0.717, 1.165) is 0 Å². The lowest BCUT2D eigenvalue weighted by Crippen LogP contribution is -1.90. The smallest absolute Gasteiger partial charge is 0.00176 e. The number of hydrogen-bond donors (Lipinski definition) is 0. The molecule has 22 heavy (non-hydrogen) atoms. The molecule has 0 saturated carbocycles. The Kier molecular flexibility index (Phi) is 2.17. The van der Waals surface area contributed by atoms with E-state index in [1.807, 2.05) is 0 Å². The van der Waals surface area contributed by atoms with Gasteiger partial charge in [0, 0.05) is 0 Å². The predicted octanol–water partition coefficient (Wildman–Crippen LogP) is 6.35. The topological polar surface area (TPSA) is 0 Å². The zero-order chi connectivity index (χ0) is 14.8. The molecule has 0 bridgehead atoms. The molecule has 0 N–H and O–H groups in total. The zero-order valence-electron chi connectivity index (χ0n) is 12.8. The molecule has 0 aliphatic rings. The van der Waals surface area contributed by atoms with Gasteiger partial charge in [0.1, 0.15) is 0 Å². The highest BCUT2D eigenvalue weighted by Gasteiger charge is 2.14. The maximum absolute atomic E-state index is 2.30. The van der Waals surface area contributed by atoms with E-state index in [-0.39, 0.29) is 0 Å². The normalized spacial score (nSPS) is 12.1. The minimum absolute atomic E-state index is 1.34. The molecule has 0 amide bonds. The third-order valence-electron chi connectivity index (χ3n) is 5.16. The second-order valence-corrected chi connectivity index (χ2v) is 6.30. The second-order valence-electron chi connectivity index (χ2n) is 6.30. The summed E-state index contributed by atoms with van der Waals surface area (Å²) in [5, 5.41) is 11.1. The van der Waals surface area contributed by atoms with E-state index in [1.165, 1.54) is 54.2 Å². The molecule has 0 nitrogen and oxygen atoms in total. The summed E-state index contributed by atoms with van der Waals surface area (Å²) in [6.07, 6.45) is 0. The molecule has 0 heterocycles. The van der Waals surface area contributed by atoms with Gasteiger partial charge in [-0.1, -0.05) is 60.7 Å². The number of fused-ring (bicyclic) bond motifs is 2. The molecule has 0 heteroatoms. The Bertz CT molecular complexity index is 1180. The molecule has 0 saturated heterocycles. The summed E-state index contributed by atoms with van der Waals surface area (Å²) < 4.78 is 0. The third kappa shape index (κ3) is 1.33. The minimum Gasteiger partial charge on any atom is -0.0616 e. The summed E-state index contributed by atoms with van der Waals surface area (Å²) in [6.45, 7) is 4.46. The lowest BCUT2D eigenvalue weighted by atomic mass is 9.87. The Labute approximate surface area is 129 Å². The van der Waals surface area contributed by atoms with E-state index >= 15 is 0 Å². The molecule has 5 aromatic carbocycles. The van der Waals surface area contributed by atoms with Crippen molar-refractivity contribution >= 4 is 43.1 Å². The maximum Gasteiger partial charge on any atom is -0.00176 e. The van der Waals surface area contributed by atoms with Gasteiger partial charge >= 0.3 is 0 Å². The van der Waals surface area contributed by atoms with Gasteiger partial charge in [-0.15, -0.1) is 0 Å². The average molecular weight is 280 g/mol. The summed E-state index contributed by atoms with van der Waals surface area (Å²) in [7, 11) is 0. The highest BCUT2D eigenvalue weighted by atomic mass is 14.2. The molecule has 0 atom stereocenters. The first-order chi connectivity index (χ1) is 10.8. The number of rotatable bonds is 0. The second kappa shape index (κ2) is 3.98. The zero-order valence-corrected chi connectivity index (χ0v) is 12.8. The molecule has 0 radical (unpaired) electrons. The van der Waals surface area contributed by atoms with Crippen LogP contribution in [0.1, 0.15) is 11.1 Å². The largest absolute Gasteiger partial charge is 0.0616 e. The molecule has 0 aliphatic carbocycles. The molecular formula is C22H16. The van der Waals surface area contributed by atoms with Crippen molar-refractivity contribution < 1.29 is 0 Å². The Morgan fingerprint density at radius 3 is 2.05 bits per heavy atom. The van der Waals surface area contributed by atoms with Crippen LogP contribution >= 0.6 is 0 Å². The minimum atomic E-state index is 1.34. The fourth-order valence-corrected chi connectivity index (χ4v) is 4.02. The quantitative estimate of drug-likeness (QED) is 0.229. The van der Waals surface area contributed by atoms with Crippen molar-refractivity contribution in [3.05, 3.63) is 71.8 Å². The highest BCUT2D eigenvalue weighted by Crippen LogP contribution is 2.41. The first-order valence-electron chi connectivity index (χ1n) is 7.81. The number of hydrogen-bond acceptors (Lipinski definition) is 0. The van der Waals surface area contributed by atoms with Crippen LogP contribution in [-0.2, 0) is 0 Å². The van der Waals surface area contributed by atoms with Gasteiger partial charge in [0.15, 0.2) is 0 Å². The predicted molar refractivity (Wildman–Crippen MR) is 97.1 cm³/mol. The molecule has 104 valence electrons. The standard InChI is InChI=1S/C22H16/c1-13-7-8-15-9-10-20-19-6-4-3-5-17(19)14(2)18-12-11-16(13)21(15)22(18)20/h3-12H,1-2H3. The molecule has 5 aromatic rings. The van der Waals surface area contributed by atoms with Crippen LogP contribution in [0.5, 0.6) is 0 Å². The molecule has 5 rings (SSSR count). The van der Waals surface area contributed by atoms with Crippen LogP contribution in [0.15, 0.2) is 60.7 Å². The molecule has 0 aliphatic heterocycles. The van der Waals surface area contributed by atoms with Crippen LogP contribution in [0.4, 0.5) is 0 Å². The van der Waals surface area contributed by atoms with Crippen LogP contribution in [0.2, 0.25) is 0 Å². The molecule has 0 spiro atoms. The van der Waals surface area contributed by atoms with E-state index in [2.05, 4.69) is 74.5 Å². The van der Waals surface area contributed by atoms with Crippen molar-refractivity contribution in [3.8, 4) is 0 Å². The average Bonchev–Trinajstić information content (AvgIpc) is 2.57. The van der Waals surface area contributed by atoms with Crippen molar-refractivity contribution in [3.63, 3.8) is 0 Å². The van der Waals surface area contributed by atoms with Gasteiger partial charge < -0.3 is 0 Å². The van der Waals surface area contributed by atoms with Gasteiger partial charge in [-0.25, -0.2) is 0 Å². The van der Waals surface area contributed by atoms with E-state index in [4.69, 9.17) is 0 Å². The maximum atomic E-state index is 2.30. The van der Waals surface area contributed by atoms with E-state index < -0.39 is 0 Å².